The third-order valence-corrected chi connectivity index (χ3v) is 5.41. The normalized spacial score (nSPS) is 26.3. The van der Waals surface area contributed by atoms with E-state index in [1.165, 1.54) is 18.3 Å². The number of hydrogen-bond acceptors (Lipinski definition) is 4. The topological polar surface area (TPSA) is 87.6 Å². The zero-order valence-electron chi connectivity index (χ0n) is 11.3. The van der Waals surface area contributed by atoms with Gasteiger partial charge in [0.15, 0.2) is 0 Å². The molecule has 7 heteroatoms. The first kappa shape index (κ1) is 14.6. The van der Waals surface area contributed by atoms with Crippen molar-refractivity contribution < 1.29 is 18.9 Å². The van der Waals surface area contributed by atoms with E-state index in [-0.39, 0.29) is 22.9 Å². The van der Waals surface area contributed by atoms with Crippen LogP contribution in [-0.2, 0) is 10.8 Å². The quantitative estimate of drug-likeness (QED) is 0.870. The minimum absolute atomic E-state index is 0.0894. The highest BCUT2D eigenvalue weighted by molar-refractivity contribution is 7.85. The Balaban J connectivity index is 2.25. The highest BCUT2D eigenvalue weighted by atomic mass is 32.2. The van der Waals surface area contributed by atoms with Crippen LogP contribution in [0.1, 0.15) is 34.7 Å². The molecule has 0 saturated carbocycles. The van der Waals surface area contributed by atoms with Crippen molar-refractivity contribution in [3.8, 4) is 0 Å². The fourth-order valence-electron chi connectivity index (χ4n) is 2.18. The van der Waals surface area contributed by atoms with Crippen molar-refractivity contribution in [1.82, 2.24) is 9.88 Å². The molecule has 3 unspecified atom stereocenters. The molecule has 0 aliphatic carbocycles. The van der Waals surface area contributed by atoms with E-state index in [1.54, 1.807) is 4.90 Å². The Kier molecular flexibility index (Phi) is 4.17. The second-order valence-electron chi connectivity index (χ2n) is 4.76. The number of rotatable bonds is 2. The number of carbonyl (C=O) groups is 2. The SMILES string of the molecule is CC1C(C)S(=O)CCN1C(=O)c1ccnc(C(=O)O)c1. The standard InChI is InChI=1S/C13H16N2O4S/c1-8-9(2)20(19)6-5-15(8)12(16)10-3-4-14-11(7-10)13(17)18/h3-4,7-9H,5-6H2,1-2H3,(H,17,18). The van der Waals surface area contributed by atoms with Crippen molar-refractivity contribution in [2.24, 2.45) is 0 Å². The summed E-state index contributed by atoms with van der Waals surface area (Å²) < 4.78 is 11.7. The predicted octanol–water partition coefficient (Wildman–Crippen LogP) is 0.761. The Hall–Kier alpha value is -1.76. The number of carbonyl (C=O) groups excluding carboxylic acids is 1. The van der Waals surface area contributed by atoms with Crippen molar-refractivity contribution >= 4 is 22.7 Å². The third kappa shape index (κ3) is 2.72. The molecule has 6 nitrogen and oxygen atoms in total. The van der Waals surface area contributed by atoms with E-state index in [0.29, 0.717) is 17.9 Å². The first-order chi connectivity index (χ1) is 9.41. The second kappa shape index (κ2) is 5.70. The Morgan fingerprint density at radius 1 is 1.45 bits per heavy atom. The van der Waals surface area contributed by atoms with Gasteiger partial charge < -0.3 is 10.0 Å². The van der Waals surface area contributed by atoms with Gasteiger partial charge in [0.2, 0.25) is 0 Å². The molecule has 1 aliphatic heterocycles. The van der Waals surface area contributed by atoms with E-state index in [4.69, 9.17) is 5.11 Å². The highest BCUT2D eigenvalue weighted by Gasteiger charge is 2.33. The molecule has 1 aromatic heterocycles. The van der Waals surface area contributed by atoms with Crippen molar-refractivity contribution in [2.45, 2.75) is 25.1 Å². The second-order valence-corrected chi connectivity index (χ2v) is 6.68. The number of nitrogens with zero attached hydrogens (tertiary/aromatic N) is 2. The van der Waals surface area contributed by atoms with Gasteiger partial charge in [0.25, 0.3) is 5.91 Å². The van der Waals surface area contributed by atoms with Crippen LogP contribution in [-0.4, -0.2) is 54.7 Å². The van der Waals surface area contributed by atoms with Crippen LogP contribution in [0.4, 0.5) is 0 Å². The van der Waals surface area contributed by atoms with Crippen LogP contribution in [0.2, 0.25) is 0 Å². The van der Waals surface area contributed by atoms with Crippen LogP contribution in [0.3, 0.4) is 0 Å². The highest BCUT2D eigenvalue weighted by Crippen LogP contribution is 2.19. The summed E-state index contributed by atoms with van der Waals surface area (Å²) in [6.45, 7) is 4.13. The average molecular weight is 296 g/mol. The number of aromatic nitrogens is 1. The first-order valence-electron chi connectivity index (χ1n) is 6.29. The molecule has 0 aromatic carbocycles. The smallest absolute Gasteiger partial charge is 0.354 e. The fraction of sp³-hybridized carbons (Fsp3) is 0.462. The average Bonchev–Trinajstić information content (AvgIpc) is 2.44. The summed E-state index contributed by atoms with van der Waals surface area (Å²) in [5, 5.41) is 8.81. The molecule has 0 radical (unpaired) electrons. The molecular weight excluding hydrogens is 280 g/mol. The summed E-state index contributed by atoms with van der Waals surface area (Å²) >= 11 is 0. The van der Waals surface area contributed by atoms with Gasteiger partial charge in [-0.2, -0.15) is 0 Å². The van der Waals surface area contributed by atoms with E-state index >= 15 is 0 Å². The molecule has 3 atom stereocenters. The summed E-state index contributed by atoms with van der Waals surface area (Å²) in [5.74, 6) is -0.958. The minimum Gasteiger partial charge on any atom is -0.477 e. The van der Waals surface area contributed by atoms with Gasteiger partial charge in [-0.05, 0) is 26.0 Å². The van der Waals surface area contributed by atoms with E-state index < -0.39 is 16.8 Å². The predicted molar refractivity (Wildman–Crippen MR) is 74.2 cm³/mol. The molecule has 1 N–H and O–H groups in total. The van der Waals surface area contributed by atoms with Gasteiger partial charge in [0.05, 0.1) is 5.25 Å². The molecular formula is C13H16N2O4S. The molecule has 108 valence electrons. The van der Waals surface area contributed by atoms with Gasteiger partial charge in [0, 0.05) is 40.9 Å². The van der Waals surface area contributed by atoms with Gasteiger partial charge in [-0.1, -0.05) is 0 Å². The summed E-state index contributed by atoms with van der Waals surface area (Å²) in [6, 6.07) is 2.63. The summed E-state index contributed by atoms with van der Waals surface area (Å²) in [7, 11) is -0.921. The van der Waals surface area contributed by atoms with Gasteiger partial charge >= 0.3 is 5.97 Å². The molecule has 1 aliphatic rings. The molecule has 1 amide bonds. The van der Waals surface area contributed by atoms with E-state index in [0.717, 1.165) is 0 Å². The molecule has 0 bridgehead atoms. The van der Waals surface area contributed by atoms with Gasteiger partial charge in [-0.15, -0.1) is 0 Å². The van der Waals surface area contributed by atoms with Crippen LogP contribution in [0.5, 0.6) is 0 Å². The molecule has 2 rings (SSSR count). The largest absolute Gasteiger partial charge is 0.477 e. The maximum atomic E-state index is 12.4. The number of carboxylic acid groups (broad SMARTS) is 1. The van der Waals surface area contributed by atoms with Crippen molar-refractivity contribution in [3.63, 3.8) is 0 Å². The Bertz CT molecular complexity index is 575. The Labute approximate surface area is 119 Å². The van der Waals surface area contributed by atoms with Crippen molar-refractivity contribution in [1.29, 1.82) is 0 Å². The fourth-order valence-corrected chi connectivity index (χ4v) is 3.52. The summed E-state index contributed by atoms with van der Waals surface area (Å²) in [5.41, 5.74) is 0.140. The summed E-state index contributed by atoms with van der Waals surface area (Å²) in [6.07, 6.45) is 1.31. The third-order valence-electron chi connectivity index (χ3n) is 3.61. The molecule has 2 heterocycles. The number of hydrogen-bond donors (Lipinski definition) is 1. The maximum absolute atomic E-state index is 12.4. The number of aromatic carboxylic acids is 1. The van der Waals surface area contributed by atoms with E-state index in [1.807, 2.05) is 13.8 Å². The van der Waals surface area contributed by atoms with Crippen LogP contribution in [0, 0.1) is 0 Å². The molecule has 1 fully saturated rings. The number of carboxylic acids is 1. The molecule has 1 saturated heterocycles. The zero-order chi connectivity index (χ0) is 14.9. The molecule has 1 aromatic rings. The Morgan fingerprint density at radius 2 is 2.15 bits per heavy atom. The van der Waals surface area contributed by atoms with Crippen LogP contribution in [0.15, 0.2) is 18.3 Å². The van der Waals surface area contributed by atoms with Crippen LogP contribution in [0.25, 0.3) is 0 Å². The zero-order valence-corrected chi connectivity index (χ0v) is 12.1. The van der Waals surface area contributed by atoms with Crippen molar-refractivity contribution in [3.05, 3.63) is 29.6 Å². The monoisotopic (exact) mass is 296 g/mol. The lowest BCUT2D eigenvalue weighted by Gasteiger charge is -2.37. The number of amides is 1. The van der Waals surface area contributed by atoms with Crippen LogP contribution >= 0.6 is 0 Å². The van der Waals surface area contributed by atoms with Gasteiger partial charge in [-0.3, -0.25) is 9.00 Å². The minimum atomic E-state index is -1.17. The lowest BCUT2D eigenvalue weighted by atomic mass is 10.1. The Morgan fingerprint density at radius 3 is 2.80 bits per heavy atom. The lowest BCUT2D eigenvalue weighted by molar-refractivity contribution is 0.0690. The first-order valence-corrected chi connectivity index (χ1v) is 7.67. The van der Waals surface area contributed by atoms with Crippen molar-refractivity contribution in [2.75, 3.05) is 12.3 Å². The molecule has 0 spiro atoms. The lowest BCUT2D eigenvalue weighted by Crippen LogP contribution is -2.52. The van der Waals surface area contributed by atoms with E-state index in [2.05, 4.69) is 4.98 Å². The maximum Gasteiger partial charge on any atom is 0.354 e. The summed E-state index contributed by atoms with van der Waals surface area (Å²) in [4.78, 5) is 28.7. The van der Waals surface area contributed by atoms with E-state index in [9.17, 15) is 13.8 Å². The van der Waals surface area contributed by atoms with Gasteiger partial charge in [-0.25, -0.2) is 9.78 Å². The van der Waals surface area contributed by atoms with Crippen LogP contribution < -0.4 is 0 Å². The van der Waals surface area contributed by atoms with Gasteiger partial charge in [0.1, 0.15) is 5.69 Å². The molecule has 20 heavy (non-hydrogen) atoms. The number of pyridine rings is 1.